The number of hydrogen-bond donors (Lipinski definition) is 1. The molecule has 6 nitrogen and oxygen atoms in total. The zero-order valence-electron chi connectivity index (χ0n) is 18.1. The lowest BCUT2D eigenvalue weighted by Crippen LogP contribution is -2.64. The van der Waals surface area contributed by atoms with Crippen molar-refractivity contribution in [2.45, 2.75) is 63.6 Å². The number of nitrogens with one attached hydrogen (secondary N) is 1. The highest BCUT2D eigenvalue weighted by Gasteiger charge is 2.64. The van der Waals surface area contributed by atoms with Gasteiger partial charge in [0.25, 0.3) is 11.8 Å². The summed E-state index contributed by atoms with van der Waals surface area (Å²) < 4.78 is 0. The summed E-state index contributed by atoms with van der Waals surface area (Å²) in [5.41, 5.74) is 3.02. The van der Waals surface area contributed by atoms with Crippen molar-refractivity contribution in [3.63, 3.8) is 0 Å². The van der Waals surface area contributed by atoms with Gasteiger partial charge in [0.2, 0.25) is 0 Å². The van der Waals surface area contributed by atoms with Crippen molar-refractivity contribution in [1.82, 2.24) is 20.2 Å². The van der Waals surface area contributed by atoms with Crippen LogP contribution in [0.4, 0.5) is 0 Å². The molecular formula is C25H28N4O2. The number of nitrogens with zero attached hydrogens (tertiary/aromatic N) is 3. The number of amides is 2. The summed E-state index contributed by atoms with van der Waals surface area (Å²) in [5, 5.41) is 3.39. The number of pyridine rings is 2. The van der Waals surface area contributed by atoms with Gasteiger partial charge in [0.1, 0.15) is 5.69 Å². The molecule has 4 aliphatic rings. The summed E-state index contributed by atoms with van der Waals surface area (Å²) in [7, 11) is 0. The summed E-state index contributed by atoms with van der Waals surface area (Å²) in [6, 6.07) is 7.58. The Morgan fingerprint density at radius 1 is 1.19 bits per heavy atom. The van der Waals surface area contributed by atoms with Crippen LogP contribution in [0.15, 0.2) is 36.7 Å². The van der Waals surface area contributed by atoms with Crippen LogP contribution in [-0.2, 0) is 6.54 Å². The van der Waals surface area contributed by atoms with E-state index in [0.717, 1.165) is 48.9 Å². The third kappa shape index (κ3) is 2.76. The van der Waals surface area contributed by atoms with E-state index in [9.17, 15) is 9.59 Å². The molecule has 31 heavy (non-hydrogen) atoms. The lowest BCUT2D eigenvalue weighted by molar-refractivity contribution is -0.0189. The molecule has 3 aliphatic carbocycles. The molecule has 6 heteroatoms. The van der Waals surface area contributed by atoms with Gasteiger partial charge >= 0.3 is 0 Å². The van der Waals surface area contributed by atoms with E-state index < -0.39 is 0 Å². The number of carbonyl (C=O) groups is 2. The van der Waals surface area contributed by atoms with Gasteiger partial charge in [0.15, 0.2) is 0 Å². The maximum absolute atomic E-state index is 13.2. The molecule has 0 aromatic carbocycles. The average molecular weight is 417 g/mol. The Hall–Kier alpha value is -2.76. The first-order valence-electron chi connectivity index (χ1n) is 11.4. The predicted octanol–water partition coefficient (Wildman–Crippen LogP) is 3.51. The van der Waals surface area contributed by atoms with E-state index in [2.05, 4.69) is 27.1 Å². The van der Waals surface area contributed by atoms with Crippen LogP contribution in [0.25, 0.3) is 0 Å². The zero-order chi connectivity index (χ0) is 21.4. The highest BCUT2D eigenvalue weighted by molar-refractivity contribution is 5.98. The number of rotatable bonds is 3. The number of aryl methyl sites for hydroxylation is 1. The van der Waals surface area contributed by atoms with E-state index >= 15 is 0 Å². The van der Waals surface area contributed by atoms with Gasteiger partial charge in [0, 0.05) is 35.7 Å². The number of carbonyl (C=O) groups excluding carboxylic acids is 2. The quantitative estimate of drug-likeness (QED) is 0.831. The van der Waals surface area contributed by atoms with Gasteiger partial charge in [-0.1, -0.05) is 6.07 Å². The number of fused-ring (bicyclic) bond motifs is 2. The molecule has 2 bridgehead atoms. The Balaban J connectivity index is 1.21. The van der Waals surface area contributed by atoms with Gasteiger partial charge in [-0.3, -0.25) is 14.6 Å². The van der Waals surface area contributed by atoms with Gasteiger partial charge in [-0.25, -0.2) is 4.98 Å². The van der Waals surface area contributed by atoms with Gasteiger partial charge < -0.3 is 10.2 Å². The minimum absolute atomic E-state index is 0.0474. The first kappa shape index (κ1) is 19.0. The Kier molecular flexibility index (Phi) is 3.90. The van der Waals surface area contributed by atoms with Crippen LogP contribution >= 0.6 is 0 Å². The van der Waals surface area contributed by atoms with Crippen molar-refractivity contribution >= 4 is 11.8 Å². The first-order valence-corrected chi connectivity index (χ1v) is 11.4. The molecule has 5 atom stereocenters. The van der Waals surface area contributed by atoms with Crippen molar-refractivity contribution in [3.8, 4) is 0 Å². The maximum Gasteiger partial charge on any atom is 0.270 e. The maximum atomic E-state index is 13.2. The van der Waals surface area contributed by atoms with Crippen LogP contribution in [0.3, 0.4) is 0 Å². The molecule has 3 saturated carbocycles. The second kappa shape index (κ2) is 6.38. The topological polar surface area (TPSA) is 75.2 Å². The van der Waals surface area contributed by atoms with Gasteiger partial charge in [0.05, 0.1) is 5.56 Å². The Bertz CT molecular complexity index is 1090. The van der Waals surface area contributed by atoms with E-state index in [0.29, 0.717) is 30.0 Å². The molecule has 3 fully saturated rings. The molecule has 0 radical (unpaired) electrons. The third-order valence-corrected chi connectivity index (χ3v) is 8.43. The summed E-state index contributed by atoms with van der Waals surface area (Å²) in [6.45, 7) is 4.88. The van der Waals surface area contributed by atoms with Crippen molar-refractivity contribution in [2.75, 3.05) is 0 Å². The fraction of sp³-hybridized carbons (Fsp3) is 0.520. The molecule has 2 amide bonds. The van der Waals surface area contributed by atoms with Gasteiger partial charge in [-0.2, -0.15) is 0 Å². The van der Waals surface area contributed by atoms with Crippen LogP contribution in [0.5, 0.6) is 0 Å². The zero-order valence-corrected chi connectivity index (χ0v) is 18.1. The molecule has 2 aromatic heterocycles. The van der Waals surface area contributed by atoms with E-state index in [1.165, 1.54) is 0 Å². The number of aromatic nitrogens is 2. The van der Waals surface area contributed by atoms with Crippen LogP contribution < -0.4 is 5.32 Å². The van der Waals surface area contributed by atoms with Crippen LogP contribution in [0.2, 0.25) is 0 Å². The Morgan fingerprint density at radius 3 is 2.87 bits per heavy atom. The summed E-state index contributed by atoms with van der Waals surface area (Å²) >= 11 is 0. The smallest absolute Gasteiger partial charge is 0.270 e. The molecular weight excluding hydrogens is 388 g/mol. The first-order chi connectivity index (χ1) is 14.9. The van der Waals surface area contributed by atoms with Crippen LogP contribution in [-0.4, -0.2) is 37.8 Å². The number of hydrogen-bond acceptors (Lipinski definition) is 4. The van der Waals surface area contributed by atoms with Crippen molar-refractivity contribution in [3.05, 3.63) is 59.2 Å². The average Bonchev–Trinajstić information content (AvgIpc) is 3.17. The van der Waals surface area contributed by atoms with Crippen LogP contribution in [0.1, 0.15) is 71.1 Å². The molecule has 3 heterocycles. The van der Waals surface area contributed by atoms with E-state index in [1.807, 2.05) is 25.1 Å². The van der Waals surface area contributed by atoms with Crippen molar-refractivity contribution in [2.24, 2.45) is 17.8 Å². The lowest BCUT2D eigenvalue weighted by atomic mass is 9.57. The normalized spacial score (nSPS) is 35.4. The van der Waals surface area contributed by atoms with Crippen molar-refractivity contribution < 1.29 is 9.59 Å². The van der Waals surface area contributed by atoms with Crippen molar-refractivity contribution in [1.29, 1.82) is 0 Å². The molecule has 1 aliphatic heterocycles. The fourth-order valence-corrected chi connectivity index (χ4v) is 7.25. The molecule has 5 unspecified atom stereocenters. The van der Waals surface area contributed by atoms with E-state index in [-0.39, 0.29) is 22.9 Å². The van der Waals surface area contributed by atoms with E-state index in [4.69, 9.17) is 0 Å². The highest BCUT2D eigenvalue weighted by Crippen LogP contribution is 2.63. The second-order valence-corrected chi connectivity index (χ2v) is 10.5. The summed E-state index contributed by atoms with van der Waals surface area (Å²) in [6.07, 6.45) is 8.69. The van der Waals surface area contributed by atoms with Gasteiger partial charge in [-0.15, -0.1) is 0 Å². The predicted molar refractivity (Wildman–Crippen MR) is 115 cm³/mol. The second-order valence-electron chi connectivity index (χ2n) is 10.5. The monoisotopic (exact) mass is 416 g/mol. The molecule has 0 saturated heterocycles. The standard InChI is InChI=1S/C25H28N4O2/c1-15-4-3-5-21(27-15)22(30)28-25-10-16-8-20(25)18(12-25)11-24(2,9-16)29-14-17-6-7-26-13-19(17)23(29)31/h3-7,13,16,18,20H,8-12,14H2,1-2H3,(H,28,30). The molecule has 160 valence electrons. The summed E-state index contributed by atoms with van der Waals surface area (Å²) in [4.78, 5) is 36.8. The van der Waals surface area contributed by atoms with Crippen LogP contribution in [0, 0.1) is 24.7 Å². The highest BCUT2D eigenvalue weighted by atomic mass is 16.2. The lowest BCUT2D eigenvalue weighted by Gasteiger charge is -2.56. The largest absolute Gasteiger partial charge is 0.345 e. The minimum atomic E-state index is -0.130. The SMILES string of the molecule is Cc1cccc(C(=O)NC23CC4CC2C(C3)CC(C)(N2Cc3ccncc3C2=O)C4)n1. The minimum Gasteiger partial charge on any atom is -0.345 e. The Morgan fingerprint density at radius 2 is 2.06 bits per heavy atom. The molecule has 0 spiro atoms. The molecule has 6 rings (SSSR count). The molecule has 2 aromatic rings. The fourth-order valence-electron chi connectivity index (χ4n) is 7.25. The molecule has 1 N–H and O–H groups in total. The Labute approximate surface area is 182 Å². The third-order valence-electron chi connectivity index (χ3n) is 8.43. The van der Waals surface area contributed by atoms with Gasteiger partial charge in [-0.05, 0) is 87.5 Å². The summed E-state index contributed by atoms with van der Waals surface area (Å²) in [5.74, 6) is 1.68. The van der Waals surface area contributed by atoms with E-state index in [1.54, 1.807) is 18.5 Å².